The standard InChI is InChI=1S/C9H17F3N2O4S/c1-7(2)14(6-9(10,11)12)19(17,18)13(3)5-4-8(15)16/h7H,4-6H2,1-3H3,(H,15,16). The van der Waals surface area contributed by atoms with Gasteiger partial charge in [-0.1, -0.05) is 0 Å². The second-order valence-corrected chi connectivity index (χ2v) is 6.22. The largest absolute Gasteiger partial charge is 0.481 e. The average molecular weight is 306 g/mol. The molecule has 0 spiro atoms. The van der Waals surface area contributed by atoms with E-state index in [9.17, 15) is 26.4 Å². The van der Waals surface area contributed by atoms with Crippen molar-refractivity contribution in [3.8, 4) is 0 Å². The van der Waals surface area contributed by atoms with Crippen LogP contribution in [0, 0.1) is 0 Å². The quantitative estimate of drug-likeness (QED) is 0.758. The number of rotatable bonds is 7. The van der Waals surface area contributed by atoms with Crippen molar-refractivity contribution in [2.75, 3.05) is 20.1 Å². The summed E-state index contributed by atoms with van der Waals surface area (Å²) in [5.74, 6) is -1.23. The van der Waals surface area contributed by atoms with Crippen molar-refractivity contribution in [2.24, 2.45) is 0 Å². The molecule has 0 aliphatic rings. The van der Waals surface area contributed by atoms with Gasteiger partial charge < -0.3 is 5.11 Å². The molecule has 6 nitrogen and oxygen atoms in total. The van der Waals surface area contributed by atoms with E-state index in [1.807, 2.05) is 0 Å². The van der Waals surface area contributed by atoms with Crippen molar-refractivity contribution in [3.63, 3.8) is 0 Å². The van der Waals surface area contributed by atoms with E-state index in [-0.39, 0.29) is 4.31 Å². The van der Waals surface area contributed by atoms with Gasteiger partial charge in [-0.15, -0.1) is 0 Å². The molecule has 19 heavy (non-hydrogen) atoms. The molecule has 10 heteroatoms. The van der Waals surface area contributed by atoms with Gasteiger partial charge in [0.25, 0.3) is 10.2 Å². The van der Waals surface area contributed by atoms with Crippen LogP contribution in [0.4, 0.5) is 13.2 Å². The molecule has 0 bridgehead atoms. The van der Waals surface area contributed by atoms with Crippen molar-refractivity contribution in [3.05, 3.63) is 0 Å². The van der Waals surface area contributed by atoms with Crippen molar-refractivity contribution >= 4 is 16.2 Å². The number of halogens is 3. The number of hydrogen-bond acceptors (Lipinski definition) is 3. The van der Waals surface area contributed by atoms with Crippen LogP contribution in [0.2, 0.25) is 0 Å². The predicted molar refractivity (Wildman–Crippen MR) is 61.7 cm³/mol. The van der Waals surface area contributed by atoms with E-state index in [4.69, 9.17) is 5.11 Å². The number of hydrogen-bond donors (Lipinski definition) is 1. The van der Waals surface area contributed by atoms with Crippen LogP contribution in [0.5, 0.6) is 0 Å². The molecule has 0 aromatic carbocycles. The Morgan fingerprint density at radius 3 is 2.11 bits per heavy atom. The number of carboxylic acids is 1. The van der Waals surface area contributed by atoms with Crippen LogP contribution in [-0.2, 0) is 15.0 Å². The highest BCUT2D eigenvalue weighted by Gasteiger charge is 2.39. The predicted octanol–water partition coefficient (Wildman–Crippen LogP) is 0.910. The van der Waals surface area contributed by atoms with E-state index in [1.165, 1.54) is 13.8 Å². The van der Waals surface area contributed by atoms with E-state index >= 15 is 0 Å². The average Bonchev–Trinajstić information content (AvgIpc) is 2.20. The van der Waals surface area contributed by atoms with E-state index < -0.39 is 47.9 Å². The molecule has 0 radical (unpaired) electrons. The van der Waals surface area contributed by atoms with Gasteiger partial charge in [-0.05, 0) is 13.8 Å². The maximum Gasteiger partial charge on any atom is 0.402 e. The molecule has 0 rings (SSSR count). The summed E-state index contributed by atoms with van der Waals surface area (Å²) in [6.45, 7) is 0.631. The fourth-order valence-electron chi connectivity index (χ4n) is 1.25. The summed E-state index contributed by atoms with van der Waals surface area (Å²) in [5, 5.41) is 8.45. The normalized spacial score (nSPS) is 13.5. The van der Waals surface area contributed by atoms with E-state index in [2.05, 4.69) is 0 Å². The van der Waals surface area contributed by atoms with Gasteiger partial charge in [-0.3, -0.25) is 4.79 Å². The number of nitrogens with zero attached hydrogens (tertiary/aromatic N) is 2. The Morgan fingerprint density at radius 1 is 1.32 bits per heavy atom. The SMILES string of the molecule is CC(C)N(CC(F)(F)F)S(=O)(=O)N(C)CCC(=O)O. The molecule has 0 unspecified atom stereocenters. The van der Waals surface area contributed by atoms with E-state index in [0.29, 0.717) is 4.31 Å². The molecule has 1 N–H and O–H groups in total. The summed E-state index contributed by atoms with van der Waals surface area (Å²) >= 11 is 0. The summed E-state index contributed by atoms with van der Waals surface area (Å²) in [6, 6.07) is -0.890. The first-order chi connectivity index (χ1) is 8.38. The number of carbonyl (C=O) groups is 1. The molecule has 0 heterocycles. The Bertz CT molecular complexity index is 408. The topological polar surface area (TPSA) is 77.9 Å². The minimum atomic E-state index is -4.66. The third-order valence-electron chi connectivity index (χ3n) is 2.24. The van der Waals surface area contributed by atoms with Gasteiger partial charge in [-0.25, -0.2) is 0 Å². The minimum absolute atomic E-state index is 0.287. The maximum atomic E-state index is 12.4. The molecule has 114 valence electrons. The third kappa shape index (κ3) is 6.21. The molecule has 0 atom stereocenters. The summed E-state index contributed by atoms with van der Waals surface area (Å²) in [6.07, 6.45) is -5.14. The zero-order valence-electron chi connectivity index (χ0n) is 10.8. The van der Waals surface area contributed by atoms with Gasteiger partial charge in [0.15, 0.2) is 0 Å². The summed E-state index contributed by atoms with van der Waals surface area (Å²) in [4.78, 5) is 10.3. The zero-order valence-corrected chi connectivity index (χ0v) is 11.6. The van der Waals surface area contributed by atoms with Gasteiger partial charge in [0.05, 0.1) is 6.42 Å². The summed E-state index contributed by atoms with van der Waals surface area (Å²) in [7, 11) is -3.30. The lowest BCUT2D eigenvalue weighted by Crippen LogP contribution is -2.49. The van der Waals surface area contributed by atoms with Crippen LogP contribution in [0.15, 0.2) is 0 Å². The van der Waals surface area contributed by atoms with Gasteiger partial charge in [-0.2, -0.15) is 30.2 Å². The molecule has 0 aromatic heterocycles. The van der Waals surface area contributed by atoms with Gasteiger partial charge in [0.1, 0.15) is 6.54 Å². The van der Waals surface area contributed by atoms with Crippen LogP contribution in [-0.4, -0.2) is 60.5 Å². The van der Waals surface area contributed by atoms with Gasteiger partial charge in [0.2, 0.25) is 0 Å². The molecule has 0 fully saturated rings. The van der Waals surface area contributed by atoms with Crippen molar-refractivity contribution in [2.45, 2.75) is 32.5 Å². The zero-order chi connectivity index (χ0) is 15.4. The molecular formula is C9H17F3N2O4S. The molecule has 0 saturated carbocycles. The highest BCUT2D eigenvalue weighted by molar-refractivity contribution is 7.86. The summed E-state index contributed by atoms with van der Waals surface area (Å²) < 4.78 is 61.8. The van der Waals surface area contributed by atoms with Crippen molar-refractivity contribution in [1.29, 1.82) is 0 Å². The van der Waals surface area contributed by atoms with Crippen LogP contribution in [0.1, 0.15) is 20.3 Å². The highest BCUT2D eigenvalue weighted by Crippen LogP contribution is 2.21. The second kappa shape index (κ2) is 6.53. The molecule has 0 saturated heterocycles. The van der Waals surface area contributed by atoms with Gasteiger partial charge in [0, 0.05) is 19.6 Å². The van der Waals surface area contributed by atoms with E-state index in [1.54, 1.807) is 0 Å². The summed E-state index contributed by atoms with van der Waals surface area (Å²) in [5.41, 5.74) is 0. The second-order valence-electron chi connectivity index (χ2n) is 4.23. The number of alkyl halides is 3. The first-order valence-corrected chi connectivity index (χ1v) is 6.79. The lowest BCUT2D eigenvalue weighted by atomic mass is 10.4. The first kappa shape index (κ1) is 18.1. The Hall–Kier alpha value is -0.870. The molecule has 0 aliphatic heterocycles. The number of carboxylic acid groups (broad SMARTS) is 1. The van der Waals surface area contributed by atoms with E-state index in [0.717, 1.165) is 7.05 Å². The van der Waals surface area contributed by atoms with Gasteiger partial charge >= 0.3 is 12.1 Å². The molecule has 0 amide bonds. The van der Waals surface area contributed by atoms with Crippen LogP contribution < -0.4 is 0 Å². The Morgan fingerprint density at radius 2 is 1.79 bits per heavy atom. The monoisotopic (exact) mass is 306 g/mol. The molecular weight excluding hydrogens is 289 g/mol. The van der Waals surface area contributed by atoms with Crippen LogP contribution in [0.3, 0.4) is 0 Å². The highest BCUT2D eigenvalue weighted by atomic mass is 32.2. The fourth-order valence-corrected chi connectivity index (χ4v) is 2.78. The minimum Gasteiger partial charge on any atom is -0.481 e. The van der Waals surface area contributed by atoms with Crippen molar-refractivity contribution in [1.82, 2.24) is 8.61 Å². The Labute approximate surface area is 110 Å². The van der Waals surface area contributed by atoms with Crippen LogP contribution >= 0.6 is 0 Å². The fraction of sp³-hybridized carbons (Fsp3) is 0.889. The lowest BCUT2D eigenvalue weighted by molar-refractivity contribution is -0.139. The lowest BCUT2D eigenvalue weighted by Gasteiger charge is -2.30. The molecule has 0 aromatic rings. The maximum absolute atomic E-state index is 12.4. The Kier molecular flexibility index (Phi) is 6.23. The molecule has 0 aliphatic carbocycles. The first-order valence-electron chi connectivity index (χ1n) is 5.39. The smallest absolute Gasteiger partial charge is 0.402 e. The number of aliphatic carboxylic acids is 1. The third-order valence-corrected chi connectivity index (χ3v) is 4.36. The van der Waals surface area contributed by atoms with Crippen molar-refractivity contribution < 1.29 is 31.5 Å². The Balaban J connectivity index is 5.04. The van der Waals surface area contributed by atoms with Crippen LogP contribution in [0.25, 0.3) is 0 Å².